The van der Waals surface area contributed by atoms with Crippen molar-refractivity contribution >= 4 is 11.8 Å². The zero-order valence-electron chi connectivity index (χ0n) is 21.0. The lowest BCUT2D eigenvalue weighted by Crippen LogP contribution is -2.32. The lowest BCUT2D eigenvalue weighted by Gasteiger charge is -2.16. The van der Waals surface area contributed by atoms with Gasteiger partial charge >= 0.3 is 5.69 Å². The number of hydrogen-bond donors (Lipinski definition) is 0. The van der Waals surface area contributed by atoms with Gasteiger partial charge in [-0.05, 0) is 43.2 Å². The van der Waals surface area contributed by atoms with Crippen LogP contribution in [0.15, 0.2) is 53.3 Å². The fraction of sp³-hybridized carbons (Fsp3) is 0.429. The summed E-state index contributed by atoms with van der Waals surface area (Å²) in [5, 5.41) is 4.36. The van der Waals surface area contributed by atoms with Crippen LogP contribution in [0.4, 0.5) is 0 Å². The van der Waals surface area contributed by atoms with Gasteiger partial charge in [-0.15, -0.1) is 9.78 Å². The predicted molar refractivity (Wildman–Crippen MR) is 137 cm³/mol. The number of carbonyl (C=O) groups is 2. The Kier molecular flexibility index (Phi) is 7.34. The second-order valence-corrected chi connectivity index (χ2v) is 9.30. The molecule has 0 spiro atoms. The molecule has 0 N–H and O–H groups in total. The first-order valence-electron chi connectivity index (χ1n) is 12.6. The first-order valence-corrected chi connectivity index (χ1v) is 12.6. The van der Waals surface area contributed by atoms with Crippen molar-refractivity contribution in [3.63, 3.8) is 0 Å². The summed E-state index contributed by atoms with van der Waals surface area (Å²) >= 11 is 0. The topological polar surface area (TPSA) is 77.2 Å². The molecular weight excluding hydrogens is 440 g/mol. The highest BCUT2D eigenvalue weighted by molar-refractivity contribution is 5.81. The maximum atomic E-state index is 13.0. The molecule has 1 saturated heterocycles. The van der Waals surface area contributed by atoms with Gasteiger partial charge in [0.05, 0.1) is 0 Å². The lowest BCUT2D eigenvalue weighted by atomic mass is 10.0. The molecule has 7 nitrogen and oxygen atoms in total. The molecule has 0 unspecified atom stereocenters. The van der Waals surface area contributed by atoms with Crippen LogP contribution in [0.2, 0.25) is 0 Å². The molecular formula is C28H34N4O3. The van der Waals surface area contributed by atoms with E-state index in [1.807, 2.05) is 43.0 Å². The van der Waals surface area contributed by atoms with Crippen LogP contribution in [0.1, 0.15) is 50.4 Å². The summed E-state index contributed by atoms with van der Waals surface area (Å²) in [6, 6.07) is 16.2. The van der Waals surface area contributed by atoms with E-state index >= 15 is 0 Å². The van der Waals surface area contributed by atoms with Gasteiger partial charge in [-0.2, -0.15) is 0 Å². The lowest BCUT2D eigenvalue weighted by molar-refractivity contribution is -0.131. The van der Waals surface area contributed by atoms with E-state index in [1.165, 1.54) is 12.5 Å². The highest BCUT2D eigenvalue weighted by Crippen LogP contribution is 2.33. The second-order valence-electron chi connectivity index (χ2n) is 9.30. The number of benzene rings is 2. The third kappa shape index (κ3) is 5.29. The number of nitrogens with zero attached hydrogens (tertiary/aromatic N) is 4. The van der Waals surface area contributed by atoms with Crippen molar-refractivity contribution < 1.29 is 9.59 Å². The summed E-state index contributed by atoms with van der Waals surface area (Å²) in [6.07, 6.45) is 2.84. The van der Waals surface area contributed by atoms with Crippen molar-refractivity contribution in [2.24, 2.45) is 11.8 Å². The molecule has 3 aromatic rings. The van der Waals surface area contributed by atoms with E-state index in [2.05, 4.69) is 36.3 Å². The van der Waals surface area contributed by atoms with Gasteiger partial charge in [0.1, 0.15) is 0 Å². The molecule has 35 heavy (non-hydrogen) atoms. The number of aryl methyl sites for hydroxylation is 1. The molecule has 1 atom stereocenters. The minimum absolute atomic E-state index is 0.167. The van der Waals surface area contributed by atoms with Crippen LogP contribution in [-0.2, 0) is 11.3 Å². The van der Waals surface area contributed by atoms with Crippen molar-refractivity contribution in [1.29, 1.82) is 0 Å². The minimum Gasteiger partial charge on any atom is -0.342 e. The Labute approximate surface area is 206 Å². The number of hydrogen-bond acceptors (Lipinski definition) is 4. The minimum atomic E-state index is -0.424. The largest absolute Gasteiger partial charge is 0.353 e. The Hall–Kier alpha value is -3.48. The molecule has 2 heterocycles. The van der Waals surface area contributed by atoms with Gasteiger partial charge < -0.3 is 4.90 Å². The quantitative estimate of drug-likeness (QED) is 0.540. The summed E-state index contributed by atoms with van der Waals surface area (Å²) in [4.78, 5) is 39.4. The van der Waals surface area contributed by atoms with E-state index in [0.29, 0.717) is 18.9 Å². The highest BCUT2D eigenvalue weighted by atomic mass is 16.2. The van der Waals surface area contributed by atoms with E-state index < -0.39 is 11.6 Å². The van der Waals surface area contributed by atoms with Crippen LogP contribution in [-0.4, -0.2) is 44.2 Å². The fourth-order valence-corrected chi connectivity index (χ4v) is 4.57. The second kappa shape index (κ2) is 10.4. The maximum Gasteiger partial charge on any atom is 0.353 e. The van der Waals surface area contributed by atoms with Gasteiger partial charge in [0, 0.05) is 38.0 Å². The Bertz CT molecular complexity index is 1250. The SMILES string of the molecule is CC.CC(=O)n1nc(-c2ccc(-c3ccc(C)cc3)cc2)n(C[C@@H]2CCN(C(=O)C3CC3)C2)c1=O. The smallest absolute Gasteiger partial charge is 0.342 e. The molecule has 0 radical (unpaired) electrons. The van der Waals surface area contributed by atoms with E-state index in [1.54, 1.807) is 4.57 Å². The standard InChI is InChI=1S/C26H28N4O3.C2H6/c1-17-3-5-20(6-4-17)21-7-9-22(10-8-21)24-27-30(18(2)31)26(33)29(24)16-19-13-14-28(15-19)25(32)23-11-12-23;1-2/h3-10,19,23H,11-16H2,1-2H3;1-2H3/t19-;/m1./s1. The number of aromatic nitrogens is 3. The van der Waals surface area contributed by atoms with Crippen molar-refractivity contribution in [2.75, 3.05) is 13.1 Å². The van der Waals surface area contributed by atoms with Crippen LogP contribution < -0.4 is 5.69 Å². The molecule has 5 rings (SSSR count). The summed E-state index contributed by atoms with van der Waals surface area (Å²) < 4.78 is 2.53. The van der Waals surface area contributed by atoms with Gasteiger partial charge in [-0.1, -0.05) is 67.9 Å². The number of likely N-dealkylation sites (tertiary alicyclic amines) is 1. The Morgan fingerprint density at radius 2 is 1.49 bits per heavy atom. The van der Waals surface area contributed by atoms with Gasteiger partial charge in [0.15, 0.2) is 5.82 Å². The summed E-state index contributed by atoms with van der Waals surface area (Å²) in [6.45, 7) is 9.22. The van der Waals surface area contributed by atoms with E-state index in [9.17, 15) is 14.4 Å². The zero-order valence-corrected chi connectivity index (χ0v) is 21.0. The number of rotatable bonds is 5. The van der Waals surface area contributed by atoms with Gasteiger partial charge in [-0.3, -0.25) is 14.2 Å². The Morgan fingerprint density at radius 3 is 2.06 bits per heavy atom. The van der Waals surface area contributed by atoms with Crippen LogP contribution >= 0.6 is 0 Å². The number of amides is 1. The average molecular weight is 475 g/mol. The molecule has 7 heteroatoms. The van der Waals surface area contributed by atoms with E-state index in [-0.39, 0.29) is 17.7 Å². The van der Waals surface area contributed by atoms with Crippen LogP contribution in [0, 0.1) is 18.8 Å². The Morgan fingerprint density at radius 1 is 0.914 bits per heavy atom. The van der Waals surface area contributed by atoms with Crippen LogP contribution in [0.3, 0.4) is 0 Å². The molecule has 0 bridgehead atoms. The highest BCUT2D eigenvalue weighted by Gasteiger charge is 2.37. The first kappa shape index (κ1) is 24.6. The molecule has 2 fully saturated rings. The molecule has 2 aliphatic rings. The normalized spacial score (nSPS) is 17.1. The fourth-order valence-electron chi connectivity index (χ4n) is 4.57. The maximum absolute atomic E-state index is 13.0. The van der Waals surface area contributed by atoms with Crippen molar-refractivity contribution in [1.82, 2.24) is 19.2 Å². The third-order valence-electron chi connectivity index (χ3n) is 6.65. The van der Waals surface area contributed by atoms with Crippen molar-refractivity contribution in [3.8, 4) is 22.5 Å². The first-order chi connectivity index (χ1) is 16.9. The van der Waals surface area contributed by atoms with Gasteiger partial charge in [0.25, 0.3) is 0 Å². The predicted octanol–water partition coefficient (Wildman–Crippen LogP) is 4.63. The Balaban J connectivity index is 0.00000141. The summed E-state index contributed by atoms with van der Waals surface area (Å²) in [5.74, 6) is 0.692. The molecule has 1 aromatic heterocycles. The van der Waals surface area contributed by atoms with Gasteiger partial charge in [0.2, 0.25) is 11.8 Å². The average Bonchev–Trinajstić information content (AvgIpc) is 3.54. The molecule has 1 amide bonds. The molecule has 2 aromatic carbocycles. The molecule has 1 aliphatic heterocycles. The monoisotopic (exact) mass is 474 g/mol. The third-order valence-corrected chi connectivity index (χ3v) is 6.65. The van der Waals surface area contributed by atoms with Crippen molar-refractivity contribution in [3.05, 3.63) is 64.6 Å². The van der Waals surface area contributed by atoms with Crippen LogP contribution in [0.25, 0.3) is 22.5 Å². The molecule has 1 aliphatic carbocycles. The summed E-state index contributed by atoms with van der Waals surface area (Å²) in [7, 11) is 0. The van der Waals surface area contributed by atoms with Crippen LogP contribution in [0.5, 0.6) is 0 Å². The molecule has 1 saturated carbocycles. The van der Waals surface area contributed by atoms with E-state index in [0.717, 1.165) is 47.2 Å². The van der Waals surface area contributed by atoms with Crippen molar-refractivity contribution in [2.45, 2.75) is 53.5 Å². The van der Waals surface area contributed by atoms with E-state index in [4.69, 9.17) is 0 Å². The zero-order chi connectivity index (χ0) is 25.1. The summed E-state index contributed by atoms with van der Waals surface area (Å²) in [5.41, 5.74) is 3.76. The number of carbonyl (C=O) groups excluding carboxylic acids is 2. The van der Waals surface area contributed by atoms with Gasteiger partial charge in [-0.25, -0.2) is 4.79 Å². The molecule has 184 valence electrons.